The van der Waals surface area contributed by atoms with Crippen molar-refractivity contribution in [1.82, 2.24) is 15.0 Å². The Bertz CT molecular complexity index is 953. The van der Waals surface area contributed by atoms with E-state index in [1.165, 1.54) is 4.68 Å². The Morgan fingerprint density at radius 2 is 1.96 bits per heavy atom. The van der Waals surface area contributed by atoms with Gasteiger partial charge in [0.25, 0.3) is 0 Å². The van der Waals surface area contributed by atoms with Gasteiger partial charge in [0, 0.05) is 0 Å². The maximum atomic E-state index is 12.4. The Kier molecular flexibility index (Phi) is 5.23. The van der Waals surface area contributed by atoms with E-state index >= 15 is 0 Å². The zero-order valence-corrected chi connectivity index (χ0v) is 15.4. The fourth-order valence-electron chi connectivity index (χ4n) is 2.53. The van der Waals surface area contributed by atoms with E-state index in [2.05, 4.69) is 10.3 Å². The molecule has 3 rings (SSSR count). The minimum absolute atomic E-state index is 0.172. The fourth-order valence-corrected chi connectivity index (χ4v) is 2.79. The van der Waals surface area contributed by atoms with Gasteiger partial charge in [-0.25, -0.2) is 9.48 Å². The molecule has 0 unspecified atom stereocenters. The van der Waals surface area contributed by atoms with Crippen molar-refractivity contribution in [2.75, 3.05) is 7.11 Å². The number of halogens is 1. The summed E-state index contributed by atoms with van der Waals surface area (Å²) in [6, 6.07) is 13.0. The first-order chi connectivity index (χ1) is 12.5. The minimum atomic E-state index is -0.517. The van der Waals surface area contributed by atoms with Crippen LogP contribution in [0.4, 0.5) is 0 Å². The van der Waals surface area contributed by atoms with Gasteiger partial charge in [-0.15, -0.1) is 5.10 Å². The van der Waals surface area contributed by atoms with E-state index < -0.39 is 5.97 Å². The number of hydrogen-bond donors (Lipinski definition) is 0. The lowest BCUT2D eigenvalue weighted by molar-refractivity contribution is 0.0464. The second-order valence-electron chi connectivity index (χ2n) is 5.76. The van der Waals surface area contributed by atoms with Gasteiger partial charge >= 0.3 is 5.97 Å². The number of ether oxygens (including phenoxy) is 2. The molecule has 0 N–H and O–H groups in total. The van der Waals surface area contributed by atoms with Crippen molar-refractivity contribution in [2.45, 2.75) is 20.5 Å². The minimum Gasteiger partial charge on any atom is -0.495 e. The van der Waals surface area contributed by atoms with Crippen molar-refractivity contribution in [2.24, 2.45) is 0 Å². The number of esters is 1. The first-order valence-electron chi connectivity index (χ1n) is 7.99. The molecule has 0 aliphatic carbocycles. The van der Waals surface area contributed by atoms with Crippen LogP contribution in [-0.4, -0.2) is 28.1 Å². The van der Waals surface area contributed by atoms with E-state index in [1.54, 1.807) is 32.2 Å². The normalized spacial score (nSPS) is 10.6. The number of aryl methyl sites for hydroxylation is 1. The summed E-state index contributed by atoms with van der Waals surface area (Å²) < 4.78 is 12.1. The van der Waals surface area contributed by atoms with Gasteiger partial charge in [-0.05, 0) is 43.2 Å². The van der Waals surface area contributed by atoms with Crippen LogP contribution in [0.1, 0.15) is 27.3 Å². The maximum absolute atomic E-state index is 12.4. The van der Waals surface area contributed by atoms with E-state index in [4.69, 9.17) is 21.1 Å². The van der Waals surface area contributed by atoms with Gasteiger partial charge in [0.2, 0.25) is 0 Å². The Balaban J connectivity index is 1.79. The van der Waals surface area contributed by atoms with E-state index in [0.717, 1.165) is 11.1 Å². The van der Waals surface area contributed by atoms with Crippen molar-refractivity contribution in [3.63, 3.8) is 0 Å². The van der Waals surface area contributed by atoms with Crippen LogP contribution in [0.15, 0.2) is 42.5 Å². The number of carbonyl (C=O) groups excluding carboxylic acids is 1. The molecule has 134 valence electrons. The molecule has 1 aromatic heterocycles. The second-order valence-corrected chi connectivity index (χ2v) is 6.16. The molecule has 26 heavy (non-hydrogen) atoms. The van der Waals surface area contributed by atoms with Gasteiger partial charge in [-0.1, -0.05) is 41.1 Å². The highest BCUT2D eigenvalue weighted by molar-refractivity contribution is 6.32. The summed E-state index contributed by atoms with van der Waals surface area (Å²) in [5, 5.41) is 8.45. The number of aromatic nitrogens is 3. The molecule has 2 aromatic carbocycles. The predicted molar refractivity (Wildman–Crippen MR) is 98.0 cm³/mol. The number of carbonyl (C=O) groups is 1. The van der Waals surface area contributed by atoms with Gasteiger partial charge in [-0.3, -0.25) is 0 Å². The smallest absolute Gasteiger partial charge is 0.361 e. The molecular weight excluding hydrogens is 354 g/mol. The maximum Gasteiger partial charge on any atom is 0.361 e. The summed E-state index contributed by atoms with van der Waals surface area (Å²) in [5.74, 6) is 0.0441. The topological polar surface area (TPSA) is 66.2 Å². The van der Waals surface area contributed by atoms with Gasteiger partial charge < -0.3 is 9.47 Å². The average molecular weight is 372 g/mol. The van der Waals surface area contributed by atoms with Crippen molar-refractivity contribution in [3.8, 4) is 11.4 Å². The van der Waals surface area contributed by atoms with Gasteiger partial charge in [-0.2, -0.15) is 0 Å². The summed E-state index contributed by atoms with van der Waals surface area (Å²) >= 11 is 6.16. The van der Waals surface area contributed by atoms with Crippen molar-refractivity contribution in [3.05, 3.63) is 70.0 Å². The average Bonchev–Trinajstić information content (AvgIpc) is 3.02. The third kappa shape index (κ3) is 3.55. The number of rotatable bonds is 5. The fraction of sp³-hybridized carbons (Fsp3) is 0.211. The Hall–Kier alpha value is -2.86. The van der Waals surface area contributed by atoms with Crippen LogP contribution in [0.5, 0.6) is 5.75 Å². The monoisotopic (exact) mass is 371 g/mol. The highest BCUT2D eigenvalue weighted by Gasteiger charge is 2.19. The Labute approximate surface area is 156 Å². The highest BCUT2D eigenvalue weighted by atomic mass is 35.5. The lowest BCUT2D eigenvalue weighted by atomic mass is 10.1. The van der Waals surface area contributed by atoms with Crippen LogP contribution in [0.3, 0.4) is 0 Å². The summed E-state index contributed by atoms with van der Waals surface area (Å²) in [6.07, 6.45) is 0. The van der Waals surface area contributed by atoms with E-state index in [0.29, 0.717) is 22.2 Å². The summed E-state index contributed by atoms with van der Waals surface area (Å²) in [6.45, 7) is 3.91. The molecular formula is C19H18ClN3O3. The summed E-state index contributed by atoms with van der Waals surface area (Å²) in [7, 11) is 1.55. The molecule has 3 aromatic rings. The molecule has 0 bridgehead atoms. The second kappa shape index (κ2) is 7.58. The van der Waals surface area contributed by atoms with Crippen LogP contribution in [0, 0.1) is 13.8 Å². The third-order valence-corrected chi connectivity index (χ3v) is 4.38. The molecule has 1 heterocycles. The molecule has 7 heteroatoms. The zero-order valence-electron chi connectivity index (χ0n) is 14.7. The molecule has 0 atom stereocenters. The van der Waals surface area contributed by atoms with Crippen LogP contribution in [0.25, 0.3) is 5.69 Å². The largest absolute Gasteiger partial charge is 0.495 e. The molecule has 0 saturated heterocycles. The molecule has 0 radical (unpaired) electrons. The molecule has 0 fully saturated rings. The molecule has 0 aliphatic heterocycles. The molecule has 0 saturated carbocycles. The van der Waals surface area contributed by atoms with Crippen molar-refractivity contribution >= 4 is 17.6 Å². The summed E-state index contributed by atoms with van der Waals surface area (Å²) in [5.41, 5.74) is 3.44. The lowest BCUT2D eigenvalue weighted by Gasteiger charge is -2.08. The van der Waals surface area contributed by atoms with E-state index in [-0.39, 0.29) is 12.3 Å². The SMILES string of the molecule is COc1ccc(-n2nnc(C(=O)OCc3ccccc3C)c2C)cc1Cl. The highest BCUT2D eigenvalue weighted by Crippen LogP contribution is 2.27. The zero-order chi connectivity index (χ0) is 18.7. The first kappa shape index (κ1) is 17.9. The number of hydrogen-bond acceptors (Lipinski definition) is 5. The molecule has 0 spiro atoms. The number of nitrogens with zero attached hydrogens (tertiary/aromatic N) is 3. The standard InChI is InChI=1S/C19H18ClN3O3/c1-12-6-4-5-7-14(12)11-26-19(24)18-13(2)23(22-21-18)15-8-9-17(25-3)16(20)10-15/h4-10H,11H2,1-3H3. The lowest BCUT2D eigenvalue weighted by Crippen LogP contribution is -2.09. The van der Waals surface area contributed by atoms with E-state index in [9.17, 15) is 4.79 Å². The third-order valence-electron chi connectivity index (χ3n) is 4.09. The van der Waals surface area contributed by atoms with Gasteiger partial charge in [0.05, 0.1) is 23.5 Å². The van der Waals surface area contributed by atoms with E-state index in [1.807, 2.05) is 31.2 Å². The quantitative estimate of drug-likeness (QED) is 0.636. The Morgan fingerprint density at radius 1 is 1.19 bits per heavy atom. The number of methoxy groups -OCH3 is 1. The van der Waals surface area contributed by atoms with Crippen LogP contribution in [0.2, 0.25) is 5.02 Å². The first-order valence-corrected chi connectivity index (χ1v) is 8.37. The molecule has 0 amide bonds. The van der Waals surface area contributed by atoms with Crippen LogP contribution < -0.4 is 4.74 Å². The molecule has 0 aliphatic rings. The molecule has 6 nitrogen and oxygen atoms in total. The Morgan fingerprint density at radius 3 is 2.65 bits per heavy atom. The number of benzene rings is 2. The van der Waals surface area contributed by atoms with Gasteiger partial charge in [0.15, 0.2) is 5.69 Å². The summed E-state index contributed by atoms with van der Waals surface area (Å²) in [4.78, 5) is 12.4. The van der Waals surface area contributed by atoms with Crippen molar-refractivity contribution in [1.29, 1.82) is 0 Å². The van der Waals surface area contributed by atoms with Gasteiger partial charge in [0.1, 0.15) is 12.4 Å². The van der Waals surface area contributed by atoms with Crippen LogP contribution in [-0.2, 0) is 11.3 Å². The van der Waals surface area contributed by atoms with Crippen molar-refractivity contribution < 1.29 is 14.3 Å². The predicted octanol–water partition coefficient (Wildman–Crippen LogP) is 3.90. The van der Waals surface area contributed by atoms with Crippen LogP contribution >= 0.6 is 11.6 Å².